The van der Waals surface area contributed by atoms with Crippen molar-refractivity contribution in [2.24, 2.45) is 0 Å². The fourth-order valence-corrected chi connectivity index (χ4v) is 3.37. The molecule has 0 heterocycles. The van der Waals surface area contributed by atoms with Crippen LogP contribution < -0.4 is 5.32 Å². The van der Waals surface area contributed by atoms with Crippen LogP contribution in [-0.4, -0.2) is 6.54 Å². The molecule has 0 aliphatic carbocycles. The third-order valence-electron chi connectivity index (χ3n) is 5.31. The Morgan fingerprint density at radius 3 is 1.88 bits per heavy atom. The normalized spacial score (nSPS) is 10.0. The maximum absolute atomic E-state index is 3.86. The SMILES string of the molecule is C/C=C/c1ccccc1.C=C=C(CCc1ccccc1)CNC(Cc1ccccc1)=C(C)C. The number of hydrogen-bond acceptors (Lipinski definition) is 1. The van der Waals surface area contributed by atoms with E-state index in [1.165, 1.54) is 33.5 Å². The van der Waals surface area contributed by atoms with Crippen molar-refractivity contribution in [3.05, 3.63) is 143 Å². The molecule has 0 unspecified atom stereocenters. The first-order valence-corrected chi connectivity index (χ1v) is 11.7. The monoisotopic (exact) mass is 435 g/mol. The summed E-state index contributed by atoms with van der Waals surface area (Å²) >= 11 is 0. The summed E-state index contributed by atoms with van der Waals surface area (Å²) in [5.74, 6) is 0. The Morgan fingerprint density at radius 1 is 0.818 bits per heavy atom. The fourth-order valence-electron chi connectivity index (χ4n) is 3.37. The van der Waals surface area contributed by atoms with Gasteiger partial charge in [0.2, 0.25) is 0 Å². The third-order valence-corrected chi connectivity index (χ3v) is 5.31. The van der Waals surface area contributed by atoms with Crippen molar-refractivity contribution in [1.29, 1.82) is 0 Å². The molecule has 3 rings (SSSR count). The van der Waals surface area contributed by atoms with Gasteiger partial charge in [0, 0.05) is 18.7 Å². The molecule has 0 bridgehead atoms. The lowest BCUT2D eigenvalue weighted by molar-refractivity contribution is 0.778. The minimum Gasteiger partial charge on any atom is -0.384 e. The second-order valence-electron chi connectivity index (χ2n) is 8.17. The van der Waals surface area contributed by atoms with Crippen LogP contribution in [0.3, 0.4) is 0 Å². The molecule has 3 aromatic carbocycles. The molecule has 170 valence electrons. The van der Waals surface area contributed by atoms with Crippen LogP contribution in [0.5, 0.6) is 0 Å². The zero-order valence-electron chi connectivity index (χ0n) is 20.4. The molecule has 1 N–H and O–H groups in total. The van der Waals surface area contributed by atoms with Gasteiger partial charge in [-0.1, -0.05) is 115 Å². The first kappa shape index (κ1) is 25.7. The van der Waals surface area contributed by atoms with E-state index in [0.717, 1.165) is 25.8 Å². The van der Waals surface area contributed by atoms with Gasteiger partial charge in [-0.05, 0) is 55.9 Å². The van der Waals surface area contributed by atoms with Crippen molar-refractivity contribution in [3.8, 4) is 0 Å². The van der Waals surface area contributed by atoms with Crippen molar-refractivity contribution in [2.45, 2.75) is 40.0 Å². The van der Waals surface area contributed by atoms with E-state index in [1.807, 2.05) is 31.2 Å². The molecule has 1 nitrogen and oxygen atoms in total. The quantitative estimate of drug-likeness (QED) is 0.334. The third kappa shape index (κ3) is 10.5. The minimum atomic E-state index is 0.809. The molecule has 1 heteroatoms. The molecule has 0 amide bonds. The highest BCUT2D eigenvalue weighted by atomic mass is 14.9. The minimum absolute atomic E-state index is 0.809. The molecular formula is C32H37N. The highest BCUT2D eigenvalue weighted by Gasteiger charge is 2.04. The van der Waals surface area contributed by atoms with E-state index in [0.29, 0.717) is 0 Å². The van der Waals surface area contributed by atoms with Crippen LogP contribution in [0.4, 0.5) is 0 Å². The maximum Gasteiger partial charge on any atom is 0.0432 e. The van der Waals surface area contributed by atoms with Crippen LogP contribution in [0.15, 0.2) is 126 Å². The second-order valence-corrected chi connectivity index (χ2v) is 8.17. The molecule has 0 aliphatic rings. The molecule has 0 atom stereocenters. The Morgan fingerprint density at radius 2 is 1.36 bits per heavy atom. The van der Waals surface area contributed by atoms with Gasteiger partial charge >= 0.3 is 0 Å². The summed E-state index contributed by atoms with van der Waals surface area (Å²) in [4.78, 5) is 0. The first-order chi connectivity index (χ1) is 16.1. The molecule has 0 saturated heterocycles. The van der Waals surface area contributed by atoms with Gasteiger partial charge in [-0.15, -0.1) is 5.73 Å². The van der Waals surface area contributed by atoms with Gasteiger partial charge in [-0.2, -0.15) is 0 Å². The largest absolute Gasteiger partial charge is 0.384 e. The number of hydrogen-bond donors (Lipinski definition) is 1. The van der Waals surface area contributed by atoms with E-state index in [2.05, 4.69) is 110 Å². The fraction of sp³-hybridized carbons (Fsp3) is 0.219. The summed E-state index contributed by atoms with van der Waals surface area (Å²) in [5, 5.41) is 3.60. The number of nitrogens with one attached hydrogen (secondary N) is 1. The van der Waals surface area contributed by atoms with E-state index in [4.69, 9.17) is 0 Å². The van der Waals surface area contributed by atoms with Crippen LogP contribution in [0.25, 0.3) is 6.08 Å². The Balaban J connectivity index is 0.000000357. The van der Waals surface area contributed by atoms with Gasteiger partial charge in [-0.25, -0.2) is 0 Å². The number of rotatable bonds is 9. The van der Waals surface area contributed by atoms with Gasteiger partial charge in [-0.3, -0.25) is 0 Å². The zero-order chi connectivity index (χ0) is 23.7. The first-order valence-electron chi connectivity index (χ1n) is 11.7. The smallest absolute Gasteiger partial charge is 0.0432 e. The number of benzene rings is 3. The number of aryl methyl sites for hydroxylation is 1. The summed E-state index contributed by atoms with van der Waals surface area (Å²) in [7, 11) is 0. The summed E-state index contributed by atoms with van der Waals surface area (Å²) < 4.78 is 0. The predicted molar refractivity (Wildman–Crippen MR) is 145 cm³/mol. The lowest BCUT2D eigenvalue weighted by Crippen LogP contribution is -2.19. The van der Waals surface area contributed by atoms with Crippen LogP contribution in [-0.2, 0) is 12.8 Å². The second kappa shape index (κ2) is 15.3. The van der Waals surface area contributed by atoms with E-state index in [9.17, 15) is 0 Å². The Hall–Kier alpha value is -3.54. The molecule has 0 saturated carbocycles. The highest BCUT2D eigenvalue weighted by Crippen LogP contribution is 2.12. The summed E-state index contributed by atoms with van der Waals surface area (Å²) in [6.45, 7) is 11.0. The molecule has 0 aromatic heterocycles. The van der Waals surface area contributed by atoms with E-state index in [-0.39, 0.29) is 0 Å². The molecule has 33 heavy (non-hydrogen) atoms. The Labute approximate surface area is 200 Å². The summed E-state index contributed by atoms with van der Waals surface area (Å²) in [5.41, 5.74) is 10.9. The zero-order valence-corrected chi connectivity index (χ0v) is 20.4. The van der Waals surface area contributed by atoms with Gasteiger partial charge in [0.1, 0.15) is 0 Å². The average Bonchev–Trinajstić information content (AvgIpc) is 2.86. The van der Waals surface area contributed by atoms with Crippen LogP contribution in [0, 0.1) is 0 Å². The summed E-state index contributed by atoms with van der Waals surface area (Å²) in [6.07, 6.45) is 7.08. The van der Waals surface area contributed by atoms with Gasteiger partial charge in [0.15, 0.2) is 0 Å². The standard InChI is InChI=1S/C23H27N.C9H10/c1-4-20(15-16-21-11-7-5-8-12-21)18-24-23(19(2)3)17-22-13-9-6-10-14-22;1-2-6-9-7-4-3-5-8-9/h5-14,24H,1,15-18H2,2-3H3;2-8H,1H3/b;6-2+. The lowest BCUT2D eigenvalue weighted by Gasteiger charge is -2.15. The van der Waals surface area contributed by atoms with Crippen molar-refractivity contribution in [2.75, 3.05) is 6.54 Å². The van der Waals surface area contributed by atoms with Crippen molar-refractivity contribution < 1.29 is 0 Å². The molecule has 0 aliphatic heterocycles. The van der Waals surface area contributed by atoms with Crippen LogP contribution in [0.2, 0.25) is 0 Å². The van der Waals surface area contributed by atoms with Gasteiger partial charge < -0.3 is 5.32 Å². The highest BCUT2D eigenvalue weighted by molar-refractivity contribution is 5.48. The Bertz CT molecular complexity index is 1030. The molecule has 0 fully saturated rings. The van der Waals surface area contributed by atoms with Crippen LogP contribution in [0.1, 0.15) is 43.9 Å². The van der Waals surface area contributed by atoms with E-state index < -0.39 is 0 Å². The van der Waals surface area contributed by atoms with Crippen molar-refractivity contribution >= 4 is 6.08 Å². The Kier molecular flexibility index (Phi) is 11.9. The molecular weight excluding hydrogens is 398 g/mol. The van der Waals surface area contributed by atoms with E-state index >= 15 is 0 Å². The van der Waals surface area contributed by atoms with Crippen molar-refractivity contribution in [3.63, 3.8) is 0 Å². The predicted octanol–water partition coefficient (Wildman–Crippen LogP) is 8.18. The van der Waals surface area contributed by atoms with Crippen LogP contribution >= 0.6 is 0 Å². The van der Waals surface area contributed by atoms with Gasteiger partial charge in [0.25, 0.3) is 0 Å². The topological polar surface area (TPSA) is 12.0 Å². The summed E-state index contributed by atoms with van der Waals surface area (Å²) in [6, 6.07) is 31.4. The molecule has 0 spiro atoms. The maximum atomic E-state index is 3.86. The van der Waals surface area contributed by atoms with Crippen molar-refractivity contribution in [1.82, 2.24) is 5.32 Å². The number of allylic oxidation sites excluding steroid dienone is 3. The molecule has 3 aromatic rings. The lowest BCUT2D eigenvalue weighted by atomic mass is 10.0. The average molecular weight is 436 g/mol. The van der Waals surface area contributed by atoms with Gasteiger partial charge in [0.05, 0.1) is 0 Å². The molecule has 0 radical (unpaired) electrons. The van der Waals surface area contributed by atoms with E-state index in [1.54, 1.807) is 0 Å².